The summed E-state index contributed by atoms with van der Waals surface area (Å²) in [6, 6.07) is 0. The molecule has 0 aromatic carbocycles. The van der Waals surface area contributed by atoms with Gasteiger partial charge in [-0.25, -0.2) is 9.78 Å². The highest BCUT2D eigenvalue weighted by Crippen LogP contribution is 2.32. The van der Waals surface area contributed by atoms with Gasteiger partial charge in [-0.2, -0.15) is 4.98 Å². The predicted molar refractivity (Wildman–Crippen MR) is 82.7 cm³/mol. The van der Waals surface area contributed by atoms with Crippen LogP contribution >= 0.6 is 0 Å². The van der Waals surface area contributed by atoms with E-state index in [2.05, 4.69) is 15.3 Å². The van der Waals surface area contributed by atoms with E-state index in [0.717, 1.165) is 0 Å². The molecule has 1 N–H and O–H groups in total. The monoisotopic (exact) mass is 322 g/mol. The highest BCUT2D eigenvalue weighted by atomic mass is 16.5. The maximum absolute atomic E-state index is 12.1. The Balaban J connectivity index is 2.16. The topological polar surface area (TPSA) is 103 Å². The van der Waals surface area contributed by atoms with Crippen molar-refractivity contribution in [2.75, 3.05) is 5.32 Å². The maximum atomic E-state index is 12.1. The lowest BCUT2D eigenvalue weighted by Crippen LogP contribution is -2.33. The van der Waals surface area contributed by atoms with E-state index in [4.69, 9.17) is 4.74 Å². The average Bonchev–Trinajstić information content (AvgIpc) is 2.79. The van der Waals surface area contributed by atoms with E-state index in [9.17, 15) is 14.4 Å². The molecule has 0 bridgehead atoms. The van der Waals surface area contributed by atoms with Gasteiger partial charge in [0.1, 0.15) is 18.7 Å². The van der Waals surface area contributed by atoms with Crippen LogP contribution in [0.3, 0.4) is 0 Å². The van der Waals surface area contributed by atoms with Gasteiger partial charge in [-0.1, -0.05) is 27.7 Å². The zero-order valence-electron chi connectivity index (χ0n) is 14.0. The fraction of sp³-hybridized carbons (Fsp3) is 0.667. The molecule has 3 atom stereocenters. The molecule has 1 aromatic rings. The van der Waals surface area contributed by atoms with Crippen molar-refractivity contribution in [3.63, 3.8) is 0 Å². The Morgan fingerprint density at radius 1 is 1.39 bits per heavy atom. The zero-order chi connectivity index (χ0) is 17.4. The van der Waals surface area contributed by atoms with E-state index in [0.29, 0.717) is 6.42 Å². The molecule has 1 fully saturated rings. The molecule has 1 amide bonds. The third-order valence-electron chi connectivity index (χ3n) is 3.74. The van der Waals surface area contributed by atoms with E-state index in [1.807, 2.05) is 6.92 Å². The van der Waals surface area contributed by atoms with Crippen LogP contribution < -0.4 is 11.0 Å². The number of hydrogen-bond acceptors (Lipinski definition) is 6. The second kappa shape index (κ2) is 6.19. The number of rotatable bonds is 3. The summed E-state index contributed by atoms with van der Waals surface area (Å²) in [5, 5.41) is 2.51. The minimum atomic E-state index is -0.614. The Labute approximate surface area is 134 Å². The van der Waals surface area contributed by atoms with Crippen molar-refractivity contribution in [1.82, 2.24) is 14.5 Å². The van der Waals surface area contributed by atoms with Gasteiger partial charge in [0.15, 0.2) is 5.78 Å². The number of carbonyl (C=O) groups is 2. The molecule has 1 aromatic heterocycles. The number of amides is 1. The largest absolute Gasteiger partial charge is 0.354 e. The third-order valence-corrected chi connectivity index (χ3v) is 3.74. The molecule has 2 heterocycles. The molecule has 23 heavy (non-hydrogen) atoms. The highest BCUT2D eigenvalue weighted by Gasteiger charge is 2.36. The van der Waals surface area contributed by atoms with E-state index in [-0.39, 0.29) is 23.6 Å². The number of nitrogens with zero attached hydrogens (tertiary/aromatic N) is 3. The first-order valence-corrected chi connectivity index (χ1v) is 7.52. The van der Waals surface area contributed by atoms with Crippen molar-refractivity contribution in [2.45, 2.75) is 53.4 Å². The van der Waals surface area contributed by atoms with Crippen LogP contribution in [0.5, 0.6) is 0 Å². The molecule has 2 rings (SSSR count). The first-order chi connectivity index (χ1) is 10.6. The molecular weight excluding hydrogens is 300 g/mol. The summed E-state index contributed by atoms with van der Waals surface area (Å²) in [4.78, 5) is 43.3. The first-order valence-electron chi connectivity index (χ1n) is 7.52. The van der Waals surface area contributed by atoms with Gasteiger partial charge in [0, 0.05) is 5.41 Å². The molecule has 8 heteroatoms. The van der Waals surface area contributed by atoms with Crippen molar-refractivity contribution in [3.05, 3.63) is 16.8 Å². The molecule has 1 saturated heterocycles. The van der Waals surface area contributed by atoms with Crippen molar-refractivity contribution >= 4 is 17.6 Å². The lowest BCUT2D eigenvalue weighted by atomic mass is 9.96. The predicted octanol–water partition coefficient (Wildman–Crippen LogP) is 1.14. The molecule has 126 valence electrons. The fourth-order valence-corrected chi connectivity index (χ4v) is 2.37. The first kappa shape index (κ1) is 17.3. The summed E-state index contributed by atoms with van der Waals surface area (Å²) in [6.45, 7) is 8.61. The molecule has 8 nitrogen and oxygen atoms in total. The van der Waals surface area contributed by atoms with Crippen LogP contribution in [-0.4, -0.2) is 32.3 Å². The molecule has 0 spiro atoms. The lowest BCUT2D eigenvalue weighted by molar-refractivity contribution is -0.131. The standard InChI is InChI=1S/C15H22N4O4/c1-8-6-10(23-11(8)9(2)20)19-7-16-13(18-14(19)22)17-12(21)15(3,4)5/h7-8,10-11H,6H2,1-5H3,(H,17,18,21,22)/t8-,10+,11-/m0/s1. The van der Waals surface area contributed by atoms with E-state index in [1.165, 1.54) is 17.8 Å². The van der Waals surface area contributed by atoms with Gasteiger partial charge in [-0.3, -0.25) is 19.5 Å². The van der Waals surface area contributed by atoms with Crippen molar-refractivity contribution in [2.24, 2.45) is 11.3 Å². The summed E-state index contributed by atoms with van der Waals surface area (Å²) >= 11 is 0. The minimum absolute atomic E-state index is 0.0182. The number of anilines is 1. The molecule has 0 saturated carbocycles. The third kappa shape index (κ3) is 3.82. The second-order valence-electron chi connectivity index (χ2n) is 6.91. The number of carbonyl (C=O) groups excluding carboxylic acids is 2. The number of ketones is 1. The number of nitrogens with one attached hydrogen (secondary N) is 1. The van der Waals surface area contributed by atoms with Gasteiger partial charge in [0.25, 0.3) is 0 Å². The lowest BCUT2D eigenvalue weighted by Gasteiger charge is -2.17. The molecule has 1 aliphatic heterocycles. The summed E-state index contributed by atoms with van der Waals surface area (Å²) < 4.78 is 6.87. The van der Waals surface area contributed by atoms with Crippen molar-refractivity contribution in [3.8, 4) is 0 Å². The smallest absolute Gasteiger partial charge is 0.347 e. The number of Topliss-reactive ketones (excluding diaryl/α,β-unsaturated/α-hetero) is 1. The van der Waals surface area contributed by atoms with Crippen LogP contribution in [0.25, 0.3) is 0 Å². The number of aromatic nitrogens is 3. The molecule has 0 unspecified atom stereocenters. The maximum Gasteiger partial charge on any atom is 0.354 e. The van der Waals surface area contributed by atoms with Gasteiger partial charge in [0.05, 0.1) is 0 Å². The Kier molecular flexibility index (Phi) is 4.65. The Hall–Kier alpha value is -2.09. The van der Waals surface area contributed by atoms with E-state index < -0.39 is 23.4 Å². The van der Waals surface area contributed by atoms with Crippen LogP contribution in [0, 0.1) is 11.3 Å². The molecule has 1 aliphatic rings. The highest BCUT2D eigenvalue weighted by molar-refractivity contribution is 5.92. The number of hydrogen-bond donors (Lipinski definition) is 1. The number of ether oxygens (including phenoxy) is 1. The van der Waals surface area contributed by atoms with Gasteiger partial charge in [-0.05, 0) is 19.3 Å². The summed E-state index contributed by atoms with van der Waals surface area (Å²) in [7, 11) is 0. The Morgan fingerprint density at radius 3 is 2.52 bits per heavy atom. The summed E-state index contributed by atoms with van der Waals surface area (Å²) in [5.74, 6) is -0.370. The molecule has 0 radical (unpaired) electrons. The van der Waals surface area contributed by atoms with E-state index >= 15 is 0 Å². The SMILES string of the molecule is CC(=O)[C@H]1O[C@@H](n2cnc(NC(=O)C(C)(C)C)nc2=O)C[C@@H]1C. The molecule has 0 aliphatic carbocycles. The van der Waals surface area contributed by atoms with Gasteiger partial charge in [0.2, 0.25) is 11.9 Å². The van der Waals surface area contributed by atoms with Crippen molar-refractivity contribution < 1.29 is 14.3 Å². The normalized spacial score (nSPS) is 24.5. The Morgan fingerprint density at radius 2 is 2.04 bits per heavy atom. The average molecular weight is 322 g/mol. The van der Waals surface area contributed by atoms with Crippen molar-refractivity contribution in [1.29, 1.82) is 0 Å². The van der Waals surface area contributed by atoms with Gasteiger partial charge < -0.3 is 4.74 Å². The zero-order valence-corrected chi connectivity index (χ0v) is 14.0. The van der Waals surface area contributed by atoms with Crippen LogP contribution in [0.2, 0.25) is 0 Å². The van der Waals surface area contributed by atoms with Gasteiger partial charge >= 0.3 is 5.69 Å². The molecular formula is C15H22N4O4. The minimum Gasteiger partial charge on any atom is -0.347 e. The fourth-order valence-electron chi connectivity index (χ4n) is 2.37. The van der Waals surface area contributed by atoms with Crippen LogP contribution in [0.4, 0.5) is 5.95 Å². The van der Waals surface area contributed by atoms with Crippen LogP contribution in [0.1, 0.15) is 47.3 Å². The van der Waals surface area contributed by atoms with E-state index in [1.54, 1.807) is 20.8 Å². The quantitative estimate of drug-likeness (QED) is 0.895. The van der Waals surface area contributed by atoms with Gasteiger partial charge in [-0.15, -0.1) is 0 Å². The summed E-state index contributed by atoms with van der Waals surface area (Å²) in [6.07, 6.45) is 0.722. The van der Waals surface area contributed by atoms with Crippen LogP contribution in [-0.2, 0) is 14.3 Å². The summed E-state index contributed by atoms with van der Waals surface area (Å²) in [5.41, 5.74) is -1.19. The second-order valence-corrected chi connectivity index (χ2v) is 6.91. The van der Waals surface area contributed by atoms with Crippen LogP contribution in [0.15, 0.2) is 11.1 Å². The Bertz CT molecular complexity index is 677.